The highest BCUT2D eigenvalue weighted by Crippen LogP contribution is 1.92. The maximum absolute atomic E-state index is 11.2. The van der Waals surface area contributed by atoms with E-state index in [4.69, 9.17) is 0 Å². The van der Waals surface area contributed by atoms with Crippen molar-refractivity contribution in [3.05, 3.63) is 12.2 Å². The van der Waals surface area contributed by atoms with Crippen LogP contribution >= 0.6 is 0 Å². The van der Waals surface area contributed by atoms with Crippen molar-refractivity contribution in [2.45, 2.75) is 27.2 Å². The zero-order valence-corrected chi connectivity index (χ0v) is 6.40. The van der Waals surface area contributed by atoms with Crippen LogP contribution in [-0.4, -0.2) is 12.2 Å². The molecular formula is C7H12F2O. The summed E-state index contributed by atoms with van der Waals surface area (Å²) in [5.74, 6) is -0.356. The zero-order valence-electron chi connectivity index (χ0n) is 6.40. The summed E-state index contributed by atoms with van der Waals surface area (Å²) < 4.78 is 22.3. The van der Waals surface area contributed by atoms with Gasteiger partial charge >= 0.3 is 0 Å². The van der Waals surface area contributed by atoms with Gasteiger partial charge < -0.3 is 0 Å². The van der Waals surface area contributed by atoms with Crippen LogP contribution in [-0.2, 0) is 4.79 Å². The molecular weight excluding hydrogens is 138 g/mol. The Morgan fingerprint density at radius 3 is 1.90 bits per heavy atom. The Morgan fingerprint density at radius 2 is 1.80 bits per heavy atom. The molecule has 0 unspecified atom stereocenters. The van der Waals surface area contributed by atoms with E-state index in [2.05, 4.69) is 0 Å². The summed E-state index contributed by atoms with van der Waals surface area (Å²) in [5, 5.41) is 0. The summed E-state index contributed by atoms with van der Waals surface area (Å²) in [7, 11) is 0. The van der Waals surface area contributed by atoms with Crippen molar-refractivity contribution in [1.82, 2.24) is 0 Å². The minimum absolute atomic E-state index is 0.356. The van der Waals surface area contributed by atoms with E-state index in [1.54, 1.807) is 0 Å². The van der Waals surface area contributed by atoms with E-state index in [1.807, 2.05) is 13.8 Å². The number of ketones is 1. The van der Waals surface area contributed by atoms with Crippen LogP contribution in [0.4, 0.5) is 8.78 Å². The zero-order chi connectivity index (χ0) is 8.57. The fourth-order valence-corrected chi connectivity index (χ4v) is 0.208. The molecule has 1 nitrogen and oxygen atoms in total. The van der Waals surface area contributed by atoms with E-state index in [-0.39, 0.29) is 5.78 Å². The molecule has 0 spiro atoms. The van der Waals surface area contributed by atoms with E-state index >= 15 is 0 Å². The quantitative estimate of drug-likeness (QED) is 0.552. The van der Waals surface area contributed by atoms with E-state index in [9.17, 15) is 13.6 Å². The molecule has 10 heavy (non-hydrogen) atoms. The third-order valence-electron chi connectivity index (χ3n) is 0.476. The maximum atomic E-state index is 11.2. The van der Waals surface area contributed by atoms with Crippen LogP contribution in [0.3, 0.4) is 0 Å². The summed E-state index contributed by atoms with van der Waals surface area (Å²) in [5.41, 5.74) is 0. The first-order valence-corrected chi connectivity index (χ1v) is 3.10. The predicted molar refractivity (Wildman–Crippen MR) is 37.2 cm³/mol. The Bertz CT molecular complexity index is 108. The Balaban J connectivity index is 0. The second-order valence-electron chi connectivity index (χ2n) is 1.30. The molecule has 0 amide bonds. The maximum Gasteiger partial charge on any atom is 0.257 e. The summed E-state index contributed by atoms with van der Waals surface area (Å²) in [4.78, 5) is 9.93. The second-order valence-corrected chi connectivity index (χ2v) is 1.30. The van der Waals surface area contributed by atoms with Crippen LogP contribution in [0.1, 0.15) is 20.8 Å². The first-order chi connectivity index (χ1) is 4.63. The van der Waals surface area contributed by atoms with Crippen LogP contribution in [0.5, 0.6) is 0 Å². The number of carbonyl (C=O) groups excluding carboxylic acids is 1. The van der Waals surface area contributed by atoms with Crippen LogP contribution < -0.4 is 0 Å². The third-order valence-corrected chi connectivity index (χ3v) is 0.476. The van der Waals surface area contributed by atoms with Gasteiger partial charge in [0.1, 0.15) is 0 Å². The predicted octanol–water partition coefficient (Wildman–Crippen LogP) is 2.42. The first kappa shape index (κ1) is 12.0. The number of alkyl halides is 2. The van der Waals surface area contributed by atoms with Gasteiger partial charge in [-0.3, -0.25) is 4.79 Å². The Morgan fingerprint density at radius 1 is 1.40 bits per heavy atom. The molecule has 0 saturated carbocycles. The molecule has 0 aromatic rings. The SMILES string of the molecule is CC.CC(=O)/C=C/C(F)F. The number of halogens is 2. The van der Waals surface area contributed by atoms with Crippen LogP contribution in [0, 0.1) is 0 Å². The highest BCUT2D eigenvalue weighted by Gasteiger charge is 1.92. The van der Waals surface area contributed by atoms with Crippen molar-refractivity contribution in [2.24, 2.45) is 0 Å². The fourth-order valence-electron chi connectivity index (χ4n) is 0.208. The smallest absolute Gasteiger partial charge is 0.257 e. The van der Waals surface area contributed by atoms with Crippen molar-refractivity contribution in [1.29, 1.82) is 0 Å². The van der Waals surface area contributed by atoms with Crippen molar-refractivity contribution >= 4 is 5.78 Å². The monoisotopic (exact) mass is 150 g/mol. The second kappa shape index (κ2) is 8.27. The normalized spacial score (nSPS) is 9.40. The molecule has 0 aromatic heterocycles. The van der Waals surface area contributed by atoms with Gasteiger partial charge in [-0.25, -0.2) is 8.78 Å². The summed E-state index contributed by atoms with van der Waals surface area (Å²) >= 11 is 0. The van der Waals surface area contributed by atoms with Crippen LogP contribution in [0.25, 0.3) is 0 Å². The lowest BCUT2D eigenvalue weighted by molar-refractivity contribution is -0.112. The molecule has 0 aromatic carbocycles. The first-order valence-electron chi connectivity index (χ1n) is 3.10. The minimum Gasteiger partial charge on any atom is -0.295 e. The van der Waals surface area contributed by atoms with Gasteiger partial charge in [0.05, 0.1) is 0 Å². The lowest BCUT2D eigenvalue weighted by Crippen LogP contribution is -1.85. The summed E-state index contributed by atoms with van der Waals surface area (Å²) in [6, 6.07) is 0. The molecule has 0 fully saturated rings. The van der Waals surface area contributed by atoms with E-state index in [0.717, 1.165) is 6.08 Å². The van der Waals surface area contributed by atoms with Gasteiger partial charge in [-0.1, -0.05) is 13.8 Å². The fraction of sp³-hybridized carbons (Fsp3) is 0.571. The average molecular weight is 150 g/mol. The third kappa shape index (κ3) is 15.7. The Labute approximate surface area is 59.7 Å². The molecule has 0 bridgehead atoms. The molecule has 3 heteroatoms. The summed E-state index contributed by atoms with van der Waals surface area (Å²) in [6.45, 7) is 5.22. The molecule has 0 radical (unpaired) electrons. The molecule has 0 aliphatic heterocycles. The Hall–Kier alpha value is -0.730. The molecule has 0 saturated heterocycles. The van der Waals surface area contributed by atoms with Gasteiger partial charge in [0.2, 0.25) is 0 Å². The molecule has 0 N–H and O–H groups in total. The molecule has 60 valence electrons. The number of hydrogen-bond acceptors (Lipinski definition) is 1. The van der Waals surface area contributed by atoms with E-state index < -0.39 is 6.43 Å². The number of allylic oxidation sites excluding steroid dienone is 2. The minimum atomic E-state index is -2.51. The van der Waals surface area contributed by atoms with Gasteiger partial charge in [-0.05, 0) is 19.1 Å². The molecule has 0 heterocycles. The van der Waals surface area contributed by atoms with Gasteiger partial charge in [0.25, 0.3) is 6.43 Å². The Kier molecular flexibility index (Phi) is 9.92. The molecule has 0 atom stereocenters. The molecule has 0 aliphatic carbocycles. The standard InChI is InChI=1S/C5H6F2O.C2H6/c1-4(8)2-3-5(6)7;1-2/h2-3,5H,1H3;1-2H3/b3-2+;. The van der Waals surface area contributed by atoms with Crippen molar-refractivity contribution in [3.8, 4) is 0 Å². The van der Waals surface area contributed by atoms with Crippen LogP contribution in [0.2, 0.25) is 0 Å². The van der Waals surface area contributed by atoms with Crippen molar-refractivity contribution < 1.29 is 13.6 Å². The van der Waals surface area contributed by atoms with Gasteiger partial charge in [0.15, 0.2) is 5.78 Å². The van der Waals surface area contributed by atoms with E-state index in [0.29, 0.717) is 6.08 Å². The largest absolute Gasteiger partial charge is 0.295 e. The lowest BCUT2D eigenvalue weighted by atomic mass is 10.4. The van der Waals surface area contributed by atoms with Crippen molar-refractivity contribution in [2.75, 3.05) is 0 Å². The highest BCUT2D eigenvalue weighted by atomic mass is 19.3. The number of hydrogen-bond donors (Lipinski definition) is 0. The highest BCUT2D eigenvalue weighted by molar-refractivity contribution is 5.87. The lowest BCUT2D eigenvalue weighted by Gasteiger charge is -1.81. The molecule has 0 rings (SSSR count). The number of carbonyl (C=O) groups is 1. The van der Waals surface area contributed by atoms with Gasteiger partial charge in [0, 0.05) is 0 Å². The van der Waals surface area contributed by atoms with Gasteiger partial charge in [-0.2, -0.15) is 0 Å². The van der Waals surface area contributed by atoms with Gasteiger partial charge in [-0.15, -0.1) is 0 Å². The molecule has 0 aliphatic rings. The van der Waals surface area contributed by atoms with E-state index in [1.165, 1.54) is 6.92 Å². The summed E-state index contributed by atoms with van der Waals surface area (Å²) in [6.07, 6.45) is -1.11. The topological polar surface area (TPSA) is 17.1 Å². The van der Waals surface area contributed by atoms with Crippen LogP contribution in [0.15, 0.2) is 12.2 Å². The number of rotatable bonds is 2. The van der Waals surface area contributed by atoms with Crippen molar-refractivity contribution in [3.63, 3.8) is 0 Å². The average Bonchev–Trinajstić information content (AvgIpc) is 1.89.